The Hall–Kier alpha value is -11.5. The van der Waals surface area contributed by atoms with Gasteiger partial charge in [-0.05, 0) is 110 Å². The molecule has 102 heavy (non-hydrogen) atoms. The number of hydrogen-bond acceptors (Lipinski definition) is 11. The van der Waals surface area contributed by atoms with Crippen molar-refractivity contribution in [3.63, 3.8) is 0 Å². The van der Waals surface area contributed by atoms with Crippen LogP contribution >= 0.6 is 0 Å². The first-order valence-electron chi connectivity index (χ1n) is 35.0. The third kappa shape index (κ3) is 36.9. The van der Waals surface area contributed by atoms with Gasteiger partial charge in [0.15, 0.2) is 11.6 Å². The Balaban J connectivity index is -0.000000243. The van der Waals surface area contributed by atoms with E-state index >= 15 is 0 Å². The van der Waals surface area contributed by atoms with Crippen molar-refractivity contribution in [2.24, 2.45) is 17.2 Å². The third-order valence-corrected chi connectivity index (χ3v) is 11.9. The molecule has 0 radical (unpaired) electrons. The summed E-state index contributed by atoms with van der Waals surface area (Å²) in [6.07, 6.45) is 21.7. The number of nitrogens with zero attached hydrogens (tertiary/aromatic N) is 7. The van der Waals surface area contributed by atoms with E-state index in [1.165, 1.54) is 24.9 Å². The second-order valence-corrected chi connectivity index (χ2v) is 18.3. The molecule has 0 aliphatic rings. The zero-order valence-electron chi connectivity index (χ0n) is 64.0. The number of imidazole rings is 3. The van der Waals surface area contributed by atoms with E-state index in [2.05, 4.69) is 70.6 Å². The van der Waals surface area contributed by atoms with Gasteiger partial charge in [-0.25, -0.2) is 15.0 Å². The number of ketones is 2. The maximum atomic E-state index is 12.8. The Bertz CT molecular complexity index is 4020. The average Bonchev–Trinajstić information content (AvgIpc) is 1.80. The Labute approximate surface area is 618 Å². The number of rotatable bonds is 14. The Morgan fingerprint density at radius 2 is 0.912 bits per heavy atom. The van der Waals surface area contributed by atoms with Crippen LogP contribution in [0.3, 0.4) is 0 Å². The molecule has 8 N–H and O–H groups in total. The van der Waals surface area contributed by atoms with E-state index in [9.17, 15) is 19.2 Å². The normalized spacial score (nSPS) is 9.08. The van der Waals surface area contributed by atoms with Crippen molar-refractivity contribution in [3.8, 4) is 52.6 Å². The summed E-state index contributed by atoms with van der Waals surface area (Å²) in [5, 5.41) is 5.39. The molecule has 0 aliphatic heterocycles. The van der Waals surface area contributed by atoms with Gasteiger partial charge in [0.2, 0.25) is 0 Å². The zero-order chi connectivity index (χ0) is 76.8. The van der Waals surface area contributed by atoms with E-state index in [1.807, 2.05) is 265 Å². The summed E-state index contributed by atoms with van der Waals surface area (Å²) in [7, 11) is 5.57. The molecule has 6 aromatic carbocycles. The van der Waals surface area contributed by atoms with Crippen molar-refractivity contribution in [3.05, 3.63) is 282 Å². The lowest BCUT2D eigenvalue weighted by Crippen LogP contribution is -2.18. The molecule has 16 nitrogen and oxygen atoms in total. The lowest BCUT2D eigenvalue weighted by atomic mass is 10.0. The third-order valence-electron chi connectivity index (χ3n) is 11.9. The fraction of sp³-hybridized carbons (Fsp3) is 0.291. The van der Waals surface area contributed by atoms with Crippen LogP contribution in [0.2, 0.25) is 0 Å². The number of aromatic nitrogens is 6. The summed E-state index contributed by atoms with van der Waals surface area (Å²) in [6.45, 7) is 36.7. The number of carbonyl (C=O) groups is 4. The number of amides is 2. The molecule has 0 atom stereocenters. The quantitative estimate of drug-likeness (QED) is 0.0508. The lowest BCUT2D eigenvalue weighted by Gasteiger charge is -2.13. The molecular weight excluding hydrogens is 1270 g/mol. The Morgan fingerprint density at radius 1 is 0.480 bits per heavy atom. The number of nitrogens with two attached hydrogens (primary N) is 3. The number of anilines is 1. The van der Waals surface area contributed by atoms with Gasteiger partial charge in [-0.2, -0.15) is 0 Å². The molecule has 0 bridgehead atoms. The maximum absolute atomic E-state index is 12.8. The molecule has 0 fully saturated rings. The first-order chi connectivity index (χ1) is 49.4. The molecule has 3 aromatic heterocycles. The molecule has 0 aliphatic carbocycles. The van der Waals surface area contributed by atoms with Crippen molar-refractivity contribution in [2.75, 3.05) is 26.5 Å². The topological polar surface area (TPSA) is 227 Å². The summed E-state index contributed by atoms with van der Waals surface area (Å²) in [5.41, 5.74) is 25.5. The molecule has 9 rings (SSSR count). The SMILES string of the molecule is C.CC.CC.CC.CC.CC.CC.CC.CC.CC.CN(C)Cc1nccn1-c1cccc(CC(=O)c2cccc(C#C/C=C/N)c2)c1.CNC(=O)c1cn(-c2cccc(C(=O)Nc3cccc(C#C/C=C/N)c3)c2)cn1.N/C=C/C#Cc1cccc(C(=O)Cc2cccc(-n3ccnc3)c2)c1.[3HH].[3HH].[3HH]. The van der Waals surface area contributed by atoms with E-state index in [-0.39, 0.29) is 35.1 Å². The number of carbonyl (C=O) groups excluding carboxylic acids is 4. The van der Waals surface area contributed by atoms with Gasteiger partial charge in [0.1, 0.15) is 17.8 Å². The van der Waals surface area contributed by atoms with Crippen LogP contribution in [0.15, 0.2) is 226 Å². The summed E-state index contributed by atoms with van der Waals surface area (Å²) in [6, 6.07) is 44.8. The number of hydrogen-bond donors (Lipinski definition) is 5. The van der Waals surface area contributed by atoms with Gasteiger partial charge in [0.05, 0.1) is 12.9 Å². The van der Waals surface area contributed by atoms with E-state index in [0.29, 0.717) is 46.6 Å². The monoisotopic (exact) mass is 1400 g/mol. The highest BCUT2D eigenvalue weighted by Gasteiger charge is 2.14. The van der Waals surface area contributed by atoms with Gasteiger partial charge in [0.25, 0.3) is 11.8 Å². The molecule has 2 amide bonds. The van der Waals surface area contributed by atoms with Crippen LogP contribution < -0.4 is 27.8 Å². The summed E-state index contributed by atoms with van der Waals surface area (Å²) in [4.78, 5) is 64.4. The second-order valence-electron chi connectivity index (χ2n) is 18.3. The highest BCUT2D eigenvalue weighted by Crippen LogP contribution is 2.19. The average molecular weight is 1400 g/mol. The highest BCUT2D eigenvalue weighted by atomic mass is 16.2. The predicted octanol–water partition coefficient (Wildman–Crippen LogP) is 19.2. The summed E-state index contributed by atoms with van der Waals surface area (Å²) >= 11 is 0. The molecule has 16 heteroatoms. The smallest absolute Gasteiger partial charge is 0.271 e. The second kappa shape index (κ2) is 63.0. The molecule has 0 spiro atoms. The minimum absolute atomic E-state index is 0. The van der Waals surface area contributed by atoms with Gasteiger partial charge in [-0.1, -0.05) is 228 Å². The fourth-order valence-corrected chi connectivity index (χ4v) is 8.05. The first kappa shape index (κ1) is 96.9. The van der Waals surface area contributed by atoms with Gasteiger partial charge < -0.3 is 46.4 Å². The number of benzene rings is 6. The predicted molar refractivity (Wildman–Crippen MR) is 441 cm³/mol. The van der Waals surface area contributed by atoms with Crippen LogP contribution in [0.4, 0.5) is 5.69 Å². The van der Waals surface area contributed by atoms with Crippen LogP contribution in [-0.4, -0.2) is 78.1 Å². The molecule has 3 heterocycles. The fourth-order valence-electron chi connectivity index (χ4n) is 8.05. The van der Waals surface area contributed by atoms with Crippen molar-refractivity contribution in [2.45, 2.75) is 151 Å². The van der Waals surface area contributed by atoms with Crippen molar-refractivity contribution in [1.82, 2.24) is 38.9 Å². The van der Waals surface area contributed by atoms with Crippen LogP contribution in [0.5, 0.6) is 0 Å². The van der Waals surface area contributed by atoms with E-state index in [4.69, 9.17) is 17.2 Å². The molecule has 0 unspecified atom stereocenters. The van der Waals surface area contributed by atoms with E-state index in [0.717, 1.165) is 51.6 Å². The van der Waals surface area contributed by atoms with Gasteiger partial charge in [-0.15, -0.1) is 0 Å². The van der Waals surface area contributed by atoms with Crippen LogP contribution in [-0.2, 0) is 19.4 Å². The summed E-state index contributed by atoms with van der Waals surface area (Å²) < 4.78 is 5.65. The minimum atomic E-state index is -0.275. The van der Waals surface area contributed by atoms with Crippen molar-refractivity contribution < 1.29 is 23.5 Å². The first-order valence-corrected chi connectivity index (χ1v) is 35.0. The standard InChI is InChI=1S/C24H24N4O.C22H19N5O2.C21H17N3O.9C2H6.CH4.3H2/c1-27(2)18-24-26-13-14-28(24)22-11-6-9-20(16-22)17-23(29)21-10-5-8-19(15-21)7-3-4-12-25;1-24-22(29)20-14-27(15-25-20)19-10-5-8-17(13-19)21(28)26-18-9-4-7-16(12-18)6-2-3-11-23;22-10-2-1-5-17-6-3-8-19(13-17)21(25)15-18-7-4-9-20(14-18)24-12-11-23-16-24;9*1-2;;;;/h4-6,8-16H,17-18,25H2,1-2H3;3-5,7-15H,23H2,1H3,(H,24,29)(H,26,28);2-4,6-14,16H,15,22H2;9*1-2H3;1H4;3*1H/b12-4+;11-3+;10-2+;;;;;;;;;;;;;/i;;;;;;;;;;;;;3*1+2. The molecule has 0 saturated carbocycles. The van der Waals surface area contributed by atoms with E-state index < -0.39 is 0 Å². The largest absolute Gasteiger partial charge is 0.404 e. The zero-order valence-corrected chi connectivity index (χ0v) is 64.0. The highest BCUT2D eigenvalue weighted by molar-refractivity contribution is 6.04. The number of Topliss-reactive ketones (excluding diaryl/α,β-unsaturated/α-hetero) is 2. The van der Waals surface area contributed by atoms with E-state index in [1.54, 1.807) is 91.2 Å². The molecule has 0 saturated heterocycles. The molecule has 552 valence electrons. The van der Waals surface area contributed by atoms with Crippen LogP contribution in [0.25, 0.3) is 17.1 Å². The van der Waals surface area contributed by atoms with Gasteiger partial charge in [-0.3, -0.25) is 19.2 Å². The number of allylic oxidation sites excluding steroid dienone is 3. The Kier molecular flexibility index (Phi) is 59.8. The minimum Gasteiger partial charge on any atom is -0.404 e. The molecular formula is C86H124N12O4. The summed E-state index contributed by atoms with van der Waals surface area (Å²) in [5.74, 6) is 17.8. The van der Waals surface area contributed by atoms with Gasteiger partial charge in [0, 0.05) is 148 Å². The van der Waals surface area contributed by atoms with Crippen molar-refractivity contribution in [1.29, 1.82) is 0 Å². The number of nitrogens with one attached hydrogen (secondary N) is 2. The van der Waals surface area contributed by atoms with Crippen LogP contribution in [0, 0.1) is 35.5 Å². The lowest BCUT2D eigenvalue weighted by molar-refractivity contribution is 0.0955. The van der Waals surface area contributed by atoms with Crippen molar-refractivity contribution >= 4 is 29.1 Å². The Morgan fingerprint density at radius 3 is 1.37 bits per heavy atom. The molecule has 9 aromatic rings. The van der Waals surface area contributed by atoms with Crippen LogP contribution in [0.1, 0.15) is 212 Å². The maximum Gasteiger partial charge on any atom is 0.271 e. The van der Waals surface area contributed by atoms with Gasteiger partial charge >= 0.3 is 0 Å².